The number of carbonyl (C=O) groups is 2. The number of benzene rings is 2. The summed E-state index contributed by atoms with van der Waals surface area (Å²) in [5, 5.41) is 3.44. The van der Waals surface area contributed by atoms with E-state index in [-0.39, 0.29) is 5.91 Å². The first-order valence-electron chi connectivity index (χ1n) is 9.88. The fraction of sp³-hybridized carbons (Fsp3) is 0.364. The van der Waals surface area contributed by atoms with E-state index < -0.39 is 5.97 Å². The highest BCUT2D eigenvalue weighted by atomic mass is 35.5. The Hall–Kier alpha value is -2.77. The molecule has 1 saturated heterocycles. The van der Waals surface area contributed by atoms with Gasteiger partial charge in [0.2, 0.25) is 5.91 Å². The quantitative estimate of drug-likeness (QED) is 0.678. The molecule has 0 spiro atoms. The van der Waals surface area contributed by atoms with Crippen LogP contribution in [0.15, 0.2) is 42.5 Å². The van der Waals surface area contributed by atoms with Gasteiger partial charge in [-0.3, -0.25) is 9.69 Å². The molecule has 3 rings (SSSR count). The first kappa shape index (κ1) is 21.9. The van der Waals surface area contributed by atoms with E-state index >= 15 is 0 Å². The zero-order chi connectivity index (χ0) is 21.5. The van der Waals surface area contributed by atoms with Crippen LogP contribution in [0.3, 0.4) is 0 Å². The SMILES string of the molecule is CCOc1ccccc1NC(=O)CN1CCN(c2ccc(C(=O)OC)cc2Cl)CC1. The first-order valence-corrected chi connectivity index (χ1v) is 10.3. The third-order valence-corrected chi connectivity index (χ3v) is 5.21. The summed E-state index contributed by atoms with van der Waals surface area (Å²) >= 11 is 6.38. The van der Waals surface area contributed by atoms with Crippen LogP contribution in [0.25, 0.3) is 0 Å². The second-order valence-electron chi connectivity index (χ2n) is 6.90. The number of hydrogen-bond donors (Lipinski definition) is 1. The molecular weight excluding hydrogens is 406 g/mol. The van der Waals surface area contributed by atoms with Crippen LogP contribution in [0.1, 0.15) is 17.3 Å². The molecule has 1 N–H and O–H groups in total. The maximum Gasteiger partial charge on any atom is 0.337 e. The number of methoxy groups -OCH3 is 1. The zero-order valence-electron chi connectivity index (χ0n) is 17.2. The number of hydrogen-bond acceptors (Lipinski definition) is 6. The number of anilines is 2. The Morgan fingerprint density at radius 2 is 1.83 bits per heavy atom. The van der Waals surface area contributed by atoms with Gasteiger partial charge in [-0.1, -0.05) is 23.7 Å². The summed E-state index contributed by atoms with van der Waals surface area (Å²) in [6.45, 7) is 5.69. The van der Waals surface area contributed by atoms with Gasteiger partial charge in [-0.05, 0) is 37.3 Å². The molecule has 0 bridgehead atoms. The third kappa shape index (κ3) is 5.43. The van der Waals surface area contributed by atoms with E-state index in [2.05, 4.69) is 15.1 Å². The number of nitrogens with one attached hydrogen (secondary N) is 1. The lowest BCUT2D eigenvalue weighted by Crippen LogP contribution is -2.48. The largest absolute Gasteiger partial charge is 0.492 e. The molecule has 2 aromatic carbocycles. The number of carbonyl (C=O) groups excluding carboxylic acids is 2. The molecule has 0 saturated carbocycles. The normalized spacial score (nSPS) is 14.3. The second-order valence-corrected chi connectivity index (χ2v) is 7.31. The lowest BCUT2D eigenvalue weighted by atomic mass is 10.1. The molecule has 160 valence electrons. The Balaban J connectivity index is 1.53. The molecule has 8 heteroatoms. The van der Waals surface area contributed by atoms with Gasteiger partial charge in [0.05, 0.1) is 42.2 Å². The van der Waals surface area contributed by atoms with Crippen LogP contribution in [0.2, 0.25) is 5.02 Å². The number of rotatable bonds is 7. The summed E-state index contributed by atoms with van der Waals surface area (Å²) in [4.78, 5) is 28.4. The van der Waals surface area contributed by atoms with Crippen LogP contribution < -0.4 is 15.0 Å². The molecule has 30 heavy (non-hydrogen) atoms. The van der Waals surface area contributed by atoms with Crippen molar-refractivity contribution in [2.45, 2.75) is 6.92 Å². The molecule has 0 atom stereocenters. The van der Waals surface area contributed by atoms with Gasteiger partial charge in [0.15, 0.2) is 0 Å². The molecule has 7 nitrogen and oxygen atoms in total. The Bertz CT molecular complexity index is 898. The number of piperazine rings is 1. The molecule has 1 aliphatic heterocycles. The smallest absolute Gasteiger partial charge is 0.337 e. The Kier molecular flexibility index (Phi) is 7.54. The highest BCUT2D eigenvalue weighted by Crippen LogP contribution is 2.28. The van der Waals surface area contributed by atoms with Gasteiger partial charge >= 0.3 is 5.97 Å². The predicted octanol–water partition coefficient (Wildman–Crippen LogP) is 3.29. The number of amides is 1. The van der Waals surface area contributed by atoms with Crippen LogP contribution in [-0.4, -0.2) is 63.2 Å². The van der Waals surface area contributed by atoms with Crippen molar-refractivity contribution in [1.82, 2.24) is 4.90 Å². The van der Waals surface area contributed by atoms with Crippen molar-refractivity contribution < 1.29 is 19.1 Å². The summed E-state index contributed by atoms with van der Waals surface area (Å²) in [5.41, 5.74) is 1.98. The van der Waals surface area contributed by atoms with E-state index in [0.717, 1.165) is 31.9 Å². The van der Waals surface area contributed by atoms with Crippen LogP contribution in [-0.2, 0) is 9.53 Å². The Morgan fingerprint density at radius 1 is 1.10 bits per heavy atom. The maximum absolute atomic E-state index is 12.5. The maximum atomic E-state index is 12.5. The van der Waals surface area contributed by atoms with Crippen molar-refractivity contribution in [1.29, 1.82) is 0 Å². The van der Waals surface area contributed by atoms with E-state index in [0.29, 0.717) is 35.2 Å². The predicted molar refractivity (Wildman–Crippen MR) is 118 cm³/mol. The Labute approximate surface area is 181 Å². The number of esters is 1. The van der Waals surface area contributed by atoms with Crippen molar-refractivity contribution in [2.24, 2.45) is 0 Å². The minimum absolute atomic E-state index is 0.0731. The lowest BCUT2D eigenvalue weighted by molar-refractivity contribution is -0.117. The van der Waals surface area contributed by atoms with E-state index in [1.807, 2.05) is 37.3 Å². The van der Waals surface area contributed by atoms with Crippen molar-refractivity contribution in [2.75, 3.05) is 56.7 Å². The van der Waals surface area contributed by atoms with Gasteiger partial charge in [-0.15, -0.1) is 0 Å². The van der Waals surface area contributed by atoms with Crippen molar-refractivity contribution in [3.63, 3.8) is 0 Å². The fourth-order valence-corrected chi connectivity index (χ4v) is 3.70. The molecule has 2 aromatic rings. The van der Waals surface area contributed by atoms with Crippen molar-refractivity contribution >= 4 is 34.9 Å². The van der Waals surface area contributed by atoms with Gasteiger partial charge in [-0.25, -0.2) is 4.79 Å². The molecule has 1 amide bonds. The first-order chi connectivity index (χ1) is 14.5. The van der Waals surface area contributed by atoms with Crippen molar-refractivity contribution in [3.05, 3.63) is 53.1 Å². The summed E-state index contributed by atoms with van der Waals surface area (Å²) < 4.78 is 10.3. The molecule has 1 heterocycles. The van der Waals surface area contributed by atoms with Crippen LogP contribution in [0, 0.1) is 0 Å². The van der Waals surface area contributed by atoms with Gasteiger partial charge < -0.3 is 19.7 Å². The molecule has 1 fully saturated rings. The van der Waals surface area contributed by atoms with Crippen LogP contribution in [0.4, 0.5) is 11.4 Å². The van der Waals surface area contributed by atoms with E-state index in [1.165, 1.54) is 7.11 Å². The number of nitrogens with zero attached hydrogens (tertiary/aromatic N) is 2. The lowest BCUT2D eigenvalue weighted by Gasteiger charge is -2.36. The molecule has 0 unspecified atom stereocenters. The zero-order valence-corrected chi connectivity index (χ0v) is 17.9. The highest BCUT2D eigenvalue weighted by Gasteiger charge is 2.21. The molecule has 0 aromatic heterocycles. The van der Waals surface area contributed by atoms with Crippen molar-refractivity contribution in [3.8, 4) is 5.75 Å². The minimum atomic E-state index is -0.412. The van der Waals surface area contributed by atoms with Gasteiger partial charge in [-0.2, -0.15) is 0 Å². The van der Waals surface area contributed by atoms with Crippen LogP contribution in [0.5, 0.6) is 5.75 Å². The third-order valence-electron chi connectivity index (χ3n) is 4.91. The van der Waals surface area contributed by atoms with E-state index in [1.54, 1.807) is 12.1 Å². The van der Waals surface area contributed by atoms with E-state index in [4.69, 9.17) is 21.1 Å². The standard InChI is InChI=1S/C22H26ClN3O4/c1-3-30-20-7-5-4-6-18(20)24-21(27)15-25-10-12-26(13-11-25)19-9-8-16(14-17(19)23)22(28)29-2/h4-9,14H,3,10-13,15H2,1-2H3,(H,24,27). The summed E-state index contributed by atoms with van der Waals surface area (Å²) in [6.07, 6.45) is 0. The average molecular weight is 432 g/mol. The summed E-state index contributed by atoms with van der Waals surface area (Å²) in [6, 6.07) is 12.6. The topological polar surface area (TPSA) is 71.1 Å². The minimum Gasteiger partial charge on any atom is -0.492 e. The van der Waals surface area contributed by atoms with Gasteiger partial charge in [0.1, 0.15) is 5.75 Å². The number of halogens is 1. The van der Waals surface area contributed by atoms with Gasteiger partial charge in [0.25, 0.3) is 0 Å². The highest BCUT2D eigenvalue weighted by molar-refractivity contribution is 6.33. The van der Waals surface area contributed by atoms with E-state index in [9.17, 15) is 9.59 Å². The number of para-hydroxylation sites is 2. The molecule has 1 aliphatic rings. The average Bonchev–Trinajstić information content (AvgIpc) is 2.75. The molecule has 0 aliphatic carbocycles. The molecule has 0 radical (unpaired) electrons. The van der Waals surface area contributed by atoms with Gasteiger partial charge in [0, 0.05) is 26.2 Å². The molecular formula is C22H26ClN3O4. The Morgan fingerprint density at radius 3 is 2.50 bits per heavy atom. The van der Waals surface area contributed by atoms with Crippen LogP contribution >= 0.6 is 11.6 Å². The number of ether oxygens (including phenoxy) is 2. The fourth-order valence-electron chi connectivity index (χ4n) is 3.40. The summed E-state index contributed by atoms with van der Waals surface area (Å²) in [5.74, 6) is 0.185. The monoisotopic (exact) mass is 431 g/mol. The summed E-state index contributed by atoms with van der Waals surface area (Å²) in [7, 11) is 1.34. The second kappa shape index (κ2) is 10.3.